The number of nitrogens with one attached hydrogen (secondary N) is 1. The summed E-state index contributed by atoms with van der Waals surface area (Å²) in [5.74, 6) is 0.00369. The van der Waals surface area contributed by atoms with Gasteiger partial charge >= 0.3 is 5.69 Å². The second-order valence-electron chi connectivity index (χ2n) is 6.31. The lowest BCUT2D eigenvalue weighted by Crippen LogP contribution is -2.44. The molecule has 1 N–H and O–H groups in total. The highest BCUT2D eigenvalue weighted by atomic mass is 19.1. The van der Waals surface area contributed by atoms with Crippen LogP contribution in [0, 0.1) is 5.82 Å². The van der Waals surface area contributed by atoms with E-state index >= 15 is 0 Å². The van der Waals surface area contributed by atoms with Crippen molar-refractivity contribution >= 4 is 17.1 Å². The third-order valence-electron chi connectivity index (χ3n) is 4.73. The van der Waals surface area contributed by atoms with Crippen molar-refractivity contribution in [3.8, 4) is 5.69 Å². The molecule has 0 atom stereocenters. The van der Waals surface area contributed by atoms with Gasteiger partial charge in [-0.1, -0.05) is 12.1 Å². The second kappa shape index (κ2) is 6.10. The van der Waals surface area contributed by atoms with Gasteiger partial charge in [-0.25, -0.2) is 9.18 Å². The van der Waals surface area contributed by atoms with Crippen LogP contribution in [0.5, 0.6) is 0 Å². The molecule has 0 radical (unpaired) electrons. The van der Waals surface area contributed by atoms with Gasteiger partial charge in [-0.2, -0.15) is 4.98 Å². The zero-order chi connectivity index (χ0) is 18.4. The van der Waals surface area contributed by atoms with Crippen LogP contribution < -0.4 is 21.5 Å². The third-order valence-corrected chi connectivity index (χ3v) is 4.73. The van der Waals surface area contributed by atoms with E-state index in [1.54, 1.807) is 25.2 Å². The molecular formula is C17H19FN6O2. The fourth-order valence-corrected chi connectivity index (χ4v) is 3.32. The van der Waals surface area contributed by atoms with Crippen molar-refractivity contribution in [1.82, 2.24) is 24.0 Å². The maximum atomic E-state index is 14.6. The first-order valence-electron chi connectivity index (χ1n) is 8.39. The van der Waals surface area contributed by atoms with Crippen LogP contribution in [0.15, 0.2) is 33.9 Å². The molecule has 4 rings (SSSR count). The number of aromatic nitrogens is 4. The Labute approximate surface area is 148 Å². The Morgan fingerprint density at radius 2 is 1.77 bits per heavy atom. The van der Waals surface area contributed by atoms with Crippen LogP contribution in [-0.4, -0.2) is 44.9 Å². The molecule has 0 unspecified atom stereocenters. The molecular weight excluding hydrogens is 339 g/mol. The number of halogens is 1. The summed E-state index contributed by atoms with van der Waals surface area (Å²) in [4.78, 5) is 31.7. The number of piperazine rings is 1. The highest BCUT2D eigenvalue weighted by Crippen LogP contribution is 2.26. The fraction of sp³-hybridized carbons (Fsp3) is 0.353. The van der Waals surface area contributed by atoms with E-state index in [4.69, 9.17) is 0 Å². The van der Waals surface area contributed by atoms with E-state index < -0.39 is 17.1 Å². The number of hydrogen-bond acceptors (Lipinski definition) is 5. The van der Waals surface area contributed by atoms with E-state index in [2.05, 4.69) is 10.3 Å². The molecule has 0 spiro atoms. The Morgan fingerprint density at radius 3 is 2.46 bits per heavy atom. The third kappa shape index (κ3) is 2.35. The summed E-state index contributed by atoms with van der Waals surface area (Å²) in [6, 6.07) is 6.25. The summed E-state index contributed by atoms with van der Waals surface area (Å²) in [7, 11) is 2.97. The van der Waals surface area contributed by atoms with Crippen LogP contribution in [0.3, 0.4) is 0 Å². The first-order valence-corrected chi connectivity index (χ1v) is 8.39. The summed E-state index contributed by atoms with van der Waals surface area (Å²) < 4.78 is 18.4. The number of benzene rings is 1. The molecule has 2 aromatic heterocycles. The quantitative estimate of drug-likeness (QED) is 0.696. The standard InChI is InChI=1S/C17H19FN6O2/c1-21-14-13(15(25)22(2)17(21)26)24(12-6-4-3-5-11(12)18)16(20-14)23-9-7-19-8-10-23/h3-6,19H,7-10H2,1-2H3. The van der Waals surface area contributed by atoms with Crippen molar-refractivity contribution in [2.24, 2.45) is 14.1 Å². The molecule has 136 valence electrons. The van der Waals surface area contributed by atoms with Gasteiger partial charge in [-0.15, -0.1) is 0 Å². The van der Waals surface area contributed by atoms with Crippen molar-refractivity contribution in [3.63, 3.8) is 0 Å². The Balaban J connectivity index is 2.14. The number of aryl methyl sites for hydroxylation is 1. The Hall–Kier alpha value is -2.94. The van der Waals surface area contributed by atoms with Gasteiger partial charge in [0.15, 0.2) is 11.2 Å². The normalized spacial score (nSPS) is 15.0. The average Bonchev–Trinajstić information content (AvgIpc) is 3.06. The van der Waals surface area contributed by atoms with Gasteiger partial charge in [0.05, 0.1) is 5.69 Å². The Kier molecular flexibility index (Phi) is 3.87. The van der Waals surface area contributed by atoms with E-state index in [0.717, 1.165) is 17.7 Å². The lowest BCUT2D eigenvalue weighted by atomic mass is 10.3. The molecule has 0 saturated carbocycles. The molecule has 26 heavy (non-hydrogen) atoms. The SMILES string of the molecule is Cn1c(=O)c2c(nc(N3CCNCC3)n2-c2ccccc2F)n(C)c1=O. The van der Waals surface area contributed by atoms with E-state index in [1.807, 2.05) is 4.90 Å². The van der Waals surface area contributed by atoms with Crippen molar-refractivity contribution in [3.05, 3.63) is 50.9 Å². The second-order valence-corrected chi connectivity index (χ2v) is 6.31. The van der Waals surface area contributed by atoms with E-state index in [-0.39, 0.29) is 16.9 Å². The summed E-state index contributed by atoms with van der Waals surface area (Å²) >= 11 is 0. The number of hydrogen-bond donors (Lipinski definition) is 1. The van der Waals surface area contributed by atoms with Crippen molar-refractivity contribution in [2.45, 2.75) is 0 Å². The maximum Gasteiger partial charge on any atom is 0.332 e. The number of nitrogens with zero attached hydrogens (tertiary/aromatic N) is 5. The van der Waals surface area contributed by atoms with Crippen LogP contribution in [0.1, 0.15) is 0 Å². The van der Waals surface area contributed by atoms with Gasteiger partial charge in [0.1, 0.15) is 5.82 Å². The molecule has 1 saturated heterocycles. The van der Waals surface area contributed by atoms with Crippen LogP contribution in [0.4, 0.5) is 10.3 Å². The summed E-state index contributed by atoms with van der Waals surface area (Å²) in [6.45, 7) is 2.87. The highest BCUT2D eigenvalue weighted by Gasteiger charge is 2.25. The first kappa shape index (κ1) is 16.5. The van der Waals surface area contributed by atoms with E-state index in [1.165, 1.54) is 22.2 Å². The lowest BCUT2D eigenvalue weighted by molar-refractivity contribution is 0.574. The minimum Gasteiger partial charge on any atom is -0.339 e. The van der Waals surface area contributed by atoms with Crippen LogP contribution >= 0.6 is 0 Å². The van der Waals surface area contributed by atoms with E-state index in [0.29, 0.717) is 19.0 Å². The number of fused-ring (bicyclic) bond motifs is 1. The van der Waals surface area contributed by atoms with Gasteiger partial charge in [-0.3, -0.25) is 18.5 Å². The Bertz CT molecular complexity index is 1110. The van der Waals surface area contributed by atoms with Crippen molar-refractivity contribution < 1.29 is 4.39 Å². The molecule has 1 aliphatic heterocycles. The molecule has 0 aliphatic carbocycles. The van der Waals surface area contributed by atoms with Gasteiger partial charge in [-0.05, 0) is 12.1 Å². The van der Waals surface area contributed by atoms with Crippen molar-refractivity contribution in [2.75, 3.05) is 31.1 Å². The minimum absolute atomic E-state index is 0.188. The summed E-state index contributed by atoms with van der Waals surface area (Å²) in [5, 5.41) is 3.26. The number of anilines is 1. The number of para-hydroxylation sites is 1. The molecule has 0 amide bonds. The van der Waals surface area contributed by atoms with Crippen molar-refractivity contribution in [1.29, 1.82) is 0 Å². The predicted molar refractivity (Wildman–Crippen MR) is 96.6 cm³/mol. The number of imidazole rings is 1. The first-order chi connectivity index (χ1) is 12.5. The highest BCUT2D eigenvalue weighted by molar-refractivity contribution is 5.78. The van der Waals surface area contributed by atoms with Gasteiger partial charge in [0.25, 0.3) is 5.56 Å². The zero-order valence-electron chi connectivity index (χ0n) is 14.6. The molecule has 3 heterocycles. The fourth-order valence-electron chi connectivity index (χ4n) is 3.32. The number of rotatable bonds is 2. The molecule has 1 fully saturated rings. The zero-order valence-corrected chi connectivity index (χ0v) is 14.6. The molecule has 1 aromatic carbocycles. The monoisotopic (exact) mass is 358 g/mol. The summed E-state index contributed by atoms with van der Waals surface area (Å²) in [5.41, 5.74) is -0.296. The summed E-state index contributed by atoms with van der Waals surface area (Å²) in [6.07, 6.45) is 0. The van der Waals surface area contributed by atoms with Gasteiger partial charge < -0.3 is 10.2 Å². The topological polar surface area (TPSA) is 77.1 Å². The van der Waals surface area contributed by atoms with Crippen LogP contribution in [0.2, 0.25) is 0 Å². The smallest absolute Gasteiger partial charge is 0.332 e. The van der Waals surface area contributed by atoms with E-state index in [9.17, 15) is 14.0 Å². The maximum absolute atomic E-state index is 14.6. The van der Waals surface area contributed by atoms with Gasteiger partial charge in [0, 0.05) is 40.3 Å². The molecule has 9 heteroatoms. The van der Waals surface area contributed by atoms with Crippen LogP contribution in [0.25, 0.3) is 16.9 Å². The molecule has 8 nitrogen and oxygen atoms in total. The molecule has 0 bridgehead atoms. The minimum atomic E-state index is -0.500. The lowest BCUT2D eigenvalue weighted by Gasteiger charge is -2.28. The van der Waals surface area contributed by atoms with Gasteiger partial charge in [0.2, 0.25) is 5.95 Å². The average molecular weight is 358 g/mol. The Morgan fingerprint density at radius 1 is 1.08 bits per heavy atom. The largest absolute Gasteiger partial charge is 0.339 e. The predicted octanol–water partition coefficient (Wildman–Crippen LogP) is -0.0284. The molecule has 1 aliphatic rings. The molecule has 3 aromatic rings. The van der Waals surface area contributed by atoms with Crippen LogP contribution in [-0.2, 0) is 14.1 Å².